The lowest BCUT2D eigenvalue weighted by Gasteiger charge is -2.23. The largest absolute Gasteiger partial charge is 0.359 e. The summed E-state index contributed by atoms with van der Waals surface area (Å²) in [6, 6.07) is 10.1. The third-order valence-electron chi connectivity index (χ3n) is 3.76. The Balaban J connectivity index is 1.72. The van der Waals surface area contributed by atoms with Gasteiger partial charge in [-0.25, -0.2) is 0 Å². The number of nitrogens with zero attached hydrogens (tertiary/aromatic N) is 3. The van der Waals surface area contributed by atoms with Crippen LogP contribution in [0.4, 0.5) is 0 Å². The molecule has 1 aliphatic rings. The van der Waals surface area contributed by atoms with E-state index in [2.05, 4.69) is 21.1 Å². The number of hydrogen-bond acceptors (Lipinski definition) is 5. The quantitative estimate of drug-likeness (QED) is 0.330. The van der Waals surface area contributed by atoms with Crippen molar-refractivity contribution in [3.05, 3.63) is 35.9 Å². The third kappa shape index (κ3) is 5.54. The Morgan fingerprint density at radius 2 is 2.26 bits per heavy atom. The maximum absolute atomic E-state index is 7.67. The van der Waals surface area contributed by atoms with E-state index in [-0.39, 0.29) is 6.29 Å². The summed E-state index contributed by atoms with van der Waals surface area (Å²) in [5.41, 5.74) is 1.10. The summed E-state index contributed by atoms with van der Waals surface area (Å²) < 4.78 is 0. The second kappa shape index (κ2) is 9.12. The molecule has 126 valence electrons. The molecule has 0 bridgehead atoms. The predicted molar refractivity (Wildman–Crippen MR) is 94.6 cm³/mol. The molecule has 1 aromatic carbocycles. The fraction of sp³-hybridized carbons (Fsp3) is 0.500. The first-order chi connectivity index (χ1) is 11.2. The maximum Gasteiger partial charge on any atom is 0.190 e. The molecule has 1 atom stereocenters. The van der Waals surface area contributed by atoms with Crippen LogP contribution >= 0.6 is 0 Å². The van der Waals surface area contributed by atoms with E-state index in [9.17, 15) is 0 Å². The van der Waals surface area contributed by atoms with E-state index in [0.717, 1.165) is 38.2 Å². The Kier molecular flexibility index (Phi) is 6.83. The monoisotopic (exact) mass is 317 g/mol. The zero-order valence-corrected chi connectivity index (χ0v) is 13.9. The number of guanidine groups is 1. The number of nitrogens with one attached hydrogen (secondary N) is 4. The number of hydrazone groups is 1. The van der Waals surface area contributed by atoms with Crippen LogP contribution in [0.25, 0.3) is 0 Å². The van der Waals surface area contributed by atoms with Gasteiger partial charge in [0.05, 0.1) is 12.8 Å². The Hall–Kier alpha value is -2.12. The molecule has 1 heterocycles. The smallest absolute Gasteiger partial charge is 0.190 e. The van der Waals surface area contributed by atoms with Gasteiger partial charge in [-0.15, -0.1) is 0 Å². The molecule has 1 fully saturated rings. The van der Waals surface area contributed by atoms with Crippen molar-refractivity contribution in [1.82, 2.24) is 25.9 Å². The molecule has 1 unspecified atom stereocenters. The average Bonchev–Trinajstić information content (AvgIpc) is 3.04. The van der Waals surface area contributed by atoms with E-state index in [0.29, 0.717) is 5.96 Å². The molecule has 4 N–H and O–H groups in total. The van der Waals surface area contributed by atoms with Gasteiger partial charge in [-0.05, 0) is 18.5 Å². The van der Waals surface area contributed by atoms with Gasteiger partial charge < -0.3 is 10.2 Å². The van der Waals surface area contributed by atoms with Crippen molar-refractivity contribution in [3.63, 3.8) is 0 Å². The first-order valence-corrected chi connectivity index (χ1v) is 8.00. The number of benzene rings is 1. The Bertz CT molecular complexity index is 502. The lowest BCUT2D eigenvalue weighted by Crippen LogP contribution is -2.46. The van der Waals surface area contributed by atoms with Crippen LogP contribution in [-0.4, -0.2) is 68.6 Å². The van der Waals surface area contributed by atoms with E-state index in [1.807, 2.05) is 53.5 Å². The van der Waals surface area contributed by atoms with Crippen LogP contribution in [0.5, 0.6) is 0 Å². The molecule has 0 spiro atoms. The molecule has 23 heavy (non-hydrogen) atoms. The lowest BCUT2D eigenvalue weighted by atomic mass is 10.2. The van der Waals surface area contributed by atoms with Crippen molar-refractivity contribution in [3.8, 4) is 0 Å². The van der Waals surface area contributed by atoms with Crippen molar-refractivity contribution < 1.29 is 0 Å². The maximum atomic E-state index is 7.67. The second-order valence-electron chi connectivity index (χ2n) is 5.50. The fourth-order valence-electron chi connectivity index (χ4n) is 2.39. The molecule has 0 aliphatic carbocycles. The summed E-state index contributed by atoms with van der Waals surface area (Å²) >= 11 is 0. The SMILES string of the molecule is CNC(=N)N(C)CCCNC1NCCN1/N=C/c1ccccc1. The molecule has 2 rings (SSSR count). The van der Waals surface area contributed by atoms with Crippen molar-refractivity contribution in [2.45, 2.75) is 12.7 Å². The Morgan fingerprint density at radius 1 is 1.48 bits per heavy atom. The van der Waals surface area contributed by atoms with Crippen molar-refractivity contribution >= 4 is 12.2 Å². The van der Waals surface area contributed by atoms with Crippen LogP contribution < -0.4 is 16.0 Å². The van der Waals surface area contributed by atoms with Crippen LogP contribution in [-0.2, 0) is 0 Å². The van der Waals surface area contributed by atoms with Gasteiger partial charge in [-0.1, -0.05) is 30.3 Å². The molecule has 0 saturated carbocycles. The number of rotatable bonds is 7. The highest BCUT2D eigenvalue weighted by atomic mass is 15.6. The summed E-state index contributed by atoms with van der Waals surface area (Å²) in [6.45, 7) is 3.53. The van der Waals surface area contributed by atoms with E-state index in [1.54, 1.807) is 7.05 Å². The summed E-state index contributed by atoms with van der Waals surface area (Å²) in [7, 11) is 3.69. The molecule has 1 aromatic rings. The Morgan fingerprint density at radius 3 is 3.00 bits per heavy atom. The summed E-state index contributed by atoms with van der Waals surface area (Å²) in [6.07, 6.45) is 2.93. The van der Waals surface area contributed by atoms with Crippen LogP contribution in [0, 0.1) is 5.41 Å². The third-order valence-corrected chi connectivity index (χ3v) is 3.76. The van der Waals surface area contributed by atoms with Crippen LogP contribution in [0.1, 0.15) is 12.0 Å². The minimum Gasteiger partial charge on any atom is -0.359 e. The van der Waals surface area contributed by atoms with E-state index >= 15 is 0 Å². The van der Waals surface area contributed by atoms with Crippen molar-refractivity contribution in [2.24, 2.45) is 5.10 Å². The molecule has 1 saturated heterocycles. The van der Waals surface area contributed by atoms with Gasteiger partial charge in [-0.2, -0.15) is 5.10 Å². The zero-order valence-electron chi connectivity index (χ0n) is 13.9. The van der Waals surface area contributed by atoms with Gasteiger partial charge >= 0.3 is 0 Å². The van der Waals surface area contributed by atoms with E-state index in [1.165, 1.54) is 0 Å². The van der Waals surface area contributed by atoms with Crippen LogP contribution in [0.3, 0.4) is 0 Å². The highest BCUT2D eigenvalue weighted by Gasteiger charge is 2.21. The van der Waals surface area contributed by atoms with E-state index < -0.39 is 0 Å². The van der Waals surface area contributed by atoms with Gasteiger partial charge in [0.25, 0.3) is 0 Å². The van der Waals surface area contributed by atoms with Crippen molar-refractivity contribution in [1.29, 1.82) is 5.41 Å². The summed E-state index contributed by atoms with van der Waals surface area (Å²) in [5.74, 6) is 0.443. The van der Waals surface area contributed by atoms with Gasteiger partial charge in [0, 0.05) is 27.2 Å². The van der Waals surface area contributed by atoms with Crippen LogP contribution in [0.15, 0.2) is 35.4 Å². The average molecular weight is 317 g/mol. The topological polar surface area (TPSA) is 78.8 Å². The van der Waals surface area contributed by atoms with Gasteiger partial charge in [-0.3, -0.25) is 21.1 Å². The predicted octanol–water partition coefficient (Wildman–Crippen LogP) is 0.275. The fourth-order valence-corrected chi connectivity index (χ4v) is 2.39. The number of hydrogen-bond donors (Lipinski definition) is 4. The minimum atomic E-state index is 0.0732. The minimum absolute atomic E-state index is 0.0732. The summed E-state index contributed by atoms with van der Waals surface area (Å²) in [4.78, 5) is 1.90. The first-order valence-electron chi connectivity index (χ1n) is 8.00. The zero-order chi connectivity index (χ0) is 16.5. The molecule has 7 heteroatoms. The lowest BCUT2D eigenvalue weighted by molar-refractivity contribution is 0.212. The molecule has 0 aromatic heterocycles. The van der Waals surface area contributed by atoms with Gasteiger partial charge in [0.15, 0.2) is 12.2 Å². The normalized spacial score (nSPS) is 17.7. The summed E-state index contributed by atoms with van der Waals surface area (Å²) in [5, 5.41) is 24.0. The first kappa shape index (κ1) is 17.2. The second-order valence-corrected chi connectivity index (χ2v) is 5.50. The molecular formula is C16H27N7. The van der Waals surface area contributed by atoms with E-state index in [4.69, 9.17) is 5.41 Å². The molecule has 7 nitrogen and oxygen atoms in total. The standard InChI is InChI=1S/C16H27N7/c1-18-15(17)22(2)11-6-9-19-16-20-10-12-23(16)21-13-14-7-4-3-5-8-14/h3-5,7-8,13,16,19-20H,6,9-12H2,1-2H3,(H2,17,18)/b21-13+. The Labute approximate surface area is 138 Å². The van der Waals surface area contributed by atoms with Crippen molar-refractivity contribution in [2.75, 3.05) is 40.3 Å². The molecule has 1 aliphatic heterocycles. The molecule has 0 radical (unpaired) electrons. The highest BCUT2D eigenvalue weighted by molar-refractivity contribution is 5.79. The molecular weight excluding hydrogens is 290 g/mol. The van der Waals surface area contributed by atoms with Crippen LogP contribution in [0.2, 0.25) is 0 Å². The van der Waals surface area contributed by atoms with Gasteiger partial charge in [0.1, 0.15) is 0 Å². The van der Waals surface area contributed by atoms with Gasteiger partial charge in [0.2, 0.25) is 0 Å². The highest BCUT2D eigenvalue weighted by Crippen LogP contribution is 2.02. The molecule has 0 amide bonds.